The van der Waals surface area contributed by atoms with Gasteiger partial charge in [0.05, 0.1) is 10.9 Å². The molecule has 30 heavy (non-hydrogen) atoms. The summed E-state index contributed by atoms with van der Waals surface area (Å²) in [7, 11) is -1.48. The molecule has 6 heteroatoms. The molecule has 0 saturated carbocycles. The largest absolute Gasteiger partial charge is 0.339 e. The highest BCUT2D eigenvalue weighted by atomic mass is 32.2. The minimum absolute atomic E-state index is 0.130. The van der Waals surface area contributed by atoms with Gasteiger partial charge in [0, 0.05) is 26.6 Å². The van der Waals surface area contributed by atoms with Gasteiger partial charge in [0.25, 0.3) is 0 Å². The van der Waals surface area contributed by atoms with E-state index in [1.54, 1.807) is 16.4 Å². The predicted molar refractivity (Wildman–Crippen MR) is 118 cm³/mol. The third-order valence-electron chi connectivity index (χ3n) is 6.45. The molecular weight excluding hydrogens is 396 g/mol. The maximum Gasteiger partial charge on any atom is 0.243 e. The van der Waals surface area contributed by atoms with E-state index in [1.807, 2.05) is 30.1 Å². The first-order chi connectivity index (χ1) is 14.5. The highest BCUT2D eigenvalue weighted by Crippen LogP contribution is 2.33. The van der Waals surface area contributed by atoms with E-state index < -0.39 is 10.0 Å². The Balaban J connectivity index is 1.37. The molecule has 4 rings (SSSR count). The zero-order valence-electron chi connectivity index (χ0n) is 17.6. The highest BCUT2D eigenvalue weighted by Gasteiger charge is 2.28. The second kappa shape index (κ2) is 8.90. The number of benzene rings is 2. The van der Waals surface area contributed by atoms with Crippen molar-refractivity contribution in [1.29, 1.82) is 0 Å². The molecule has 1 saturated heterocycles. The Morgan fingerprint density at radius 1 is 1.03 bits per heavy atom. The van der Waals surface area contributed by atoms with Crippen molar-refractivity contribution in [3.8, 4) is 0 Å². The van der Waals surface area contributed by atoms with Crippen molar-refractivity contribution in [2.45, 2.75) is 55.9 Å². The molecule has 0 bridgehead atoms. The lowest BCUT2D eigenvalue weighted by Gasteiger charge is -2.33. The zero-order valence-corrected chi connectivity index (χ0v) is 18.4. The number of sulfonamides is 1. The molecule has 2 aromatic rings. The van der Waals surface area contributed by atoms with Gasteiger partial charge in [-0.2, -0.15) is 4.31 Å². The van der Waals surface area contributed by atoms with E-state index in [-0.39, 0.29) is 11.9 Å². The van der Waals surface area contributed by atoms with Crippen LogP contribution in [0.15, 0.2) is 53.4 Å². The molecule has 0 unspecified atom stereocenters. The first-order valence-electron chi connectivity index (χ1n) is 10.9. The van der Waals surface area contributed by atoms with Gasteiger partial charge >= 0.3 is 0 Å². The van der Waals surface area contributed by atoms with E-state index in [0.717, 1.165) is 37.7 Å². The minimum Gasteiger partial charge on any atom is -0.339 e. The smallest absolute Gasteiger partial charge is 0.243 e. The summed E-state index contributed by atoms with van der Waals surface area (Å²) >= 11 is 0. The fourth-order valence-electron chi connectivity index (χ4n) is 4.64. The Kier molecular flexibility index (Phi) is 6.25. The number of amides is 1. The second-order valence-corrected chi connectivity index (χ2v) is 10.3. The van der Waals surface area contributed by atoms with Crippen molar-refractivity contribution in [3.63, 3.8) is 0 Å². The molecule has 0 spiro atoms. The molecule has 0 radical (unpaired) electrons. The van der Waals surface area contributed by atoms with Crippen LogP contribution in [0.3, 0.4) is 0 Å². The Morgan fingerprint density at radius 3 is 2.47 bits per heavy atom. The Labute approximate surface area is 179 Å². The van der Waals surface area contributed by atoms with Crippen molar-refractivity contribution in [3.05, 3.63) is 65.2 Å². The molecule has 1 aliphatic carbocycles. The maximum atomic E-state index is 12.8. The topological polar surface area (TPSA) is 57.7 Å². The van der Waals surface area contributed by atoms with Gasteiger partial charge in [-0.15, -0.1) is 0 Å². The van der Waals surface area contributed by atoms with Crippen LogP contribution < -0.4 is 0 Å². The minimum atomic E-state index is -3.38. The Morgan fingerprint density at radius 2 is 1.73 bits per heavy atom. The summed E-state index contributed by atoms with van der Waals surface area (Å²) in [5.41, 5.74) is 3.61. The molecule has 1 atom stereocenters. The third kappa shape index (κ3) is 4.30. The lowest BCUT2D eigenvalue weighted by atomic mass is 9.87. The van der Waals surface area contributed by atoms with E-state index in [4.69, 9.17) is 0 Å². The van der Waals surface area contributed by atoms with Crippen LogP contribution in [0, 0.1) is 0 Å². The van der Waals surface area contributed by atoms with Crippen molar-refractivity contribution in [1.82, 2.24) is 9.21 Å². The maximum absolute atomic E-state index is 12.8. The van der Waals surface area contributed by atoms with Crippen LogP contribution in [0.1, 0.15) is 54.8 Å². The van der Waals surface area contributed by atoms with Crippen LogP contribution in [0.25, 0.3) is 0 Å². The first kappa shape index (κ1) is 21.1. The van der Waals surface area contributed by atoms with Gasteiger partial charge in [0.1, 0.15) is 0 Å². The Bertz CT molecular complexity index is 995. The van der Waals surface area contributed by atoms with Crippen molar-refractivity contribution in [2.75, 3.05) is 20.1 Å². The summed E-state index contributed by atoms with van der Waals surface area (Å²) in [6, 6.07) is 15.6. The summed E-state index contributed by atoms with van der Waals surface area (Å²) in [5, 5.41) is 0. The number of aryl methyl sites for hydroxylation is 2. The first-order valence-corrected chi connectivity index (χ1v) is 12.3. The van der Waals surface area contributed by atoms with E-state index >= 15 is 0 Å². The van der Waals surface area contributed by atoms with E-state index in [1.165, 1.54) is 11.1 Å². The van der Waals surface area contributed by atoms with Gasteiger partial charge in [0.2, 0.25) is 15.9 Å². The molecule has 2 aromatic carbocycles. The van der Waals surface area contributed by atoms with Crippen molar-refractivity contribution < 1.29 is 13.2 Å². The number of rotatable bonds is 6. The molecule has 2 aliphatic rings. The SMILES string of the molecule is CN(C(=O)CCc1ccc(S(=O)(=O)N2CCCC2)cc1)[C@@H]1CCCc2ccccc21. The molecule has 5 nitrogen and oxygen atoms in total. The van der Waals surface area contributed by atoms with E-state index in [9.17, 15) is 13.2 Å². The van der Waals surface area contributed by atoms with Crippen LogP contribution in [-0.4, -0.2) is 43.7 Å². The fourth-order valence-corrected chi connectivity index (χ4v) is 6.15. The standard InChI is InChI=1S/C24H30N2O3S/c1-25(23-10-6-8-20-7-2-3-9-22(20)23)24(27)16-13-19-11-14-21(15-12-19)30(28,29)26-17-4-5-18-26/h2-3,7,9,11-12,14-15,23H,4-6,8,10,13,16-18H2,1H3/t23-/m1/s1. The van der Waals surface area contributed by atoms with Gasteiger partial charge in [-0.25, -0.2) is 8.42 Å². The zero-order chi connectivity index (χ0) is 21.1. The number of hydrogen-bond acceptors (Lipinski definition) is 3. The molecule has 1 amide bonds. The van der Waals surface area contributed by atoms with Crippen molar-refractivity contribution in [2.24, 2.45) is 0 Å². The molecule has 1 fully saturated rings. The Hall–Kier alpha value is -2.18. The molecule has 160 valence electrons. The third-order valence-corrected chi connectivity index (χ3v) is 8.37. The van der Waals surface area contributed by atoms with Crippen LogP contribution >= 0.6 is 0 Å². The average molecular weight is 427 g/mol. The van der Waals surface area contributed by atoms with Gasteiger partial charge in [0.15, 0.2) is 0 Å². The van der Waals surface area contributed by atoms with Gasteiger partial charge in [-0.1, -0.05) is 36.4 Å². The predicted octanol–water partition coefficient (Wildman–Crippen LogP) is 3.94. The molecule has 0 aromatic heterocycles. The average Bonchev–Trinajstić information content (AvgIpc) is 3.33. The summed E-state index contributed by atoms with van der Waals surface area (Å²) in [4.78, 5) is 15.1. The number of fused-ring (bicyclic) bond motifs is 1. The lowest BCUT2D eigenvalue weighted by molar-refractivity contribution is -0.132. The highest BCUT2D eigenvalue weighted by molar-refractivity contribution is 7.89. The number of carbonyl (C=O) groups is 1. The quantitative estimate of drug-likeness (QED) is 0.703. The number of nitrogens with zero attached hydrogens (tertiary/aromatic N) is 2. The van der Waals surface area contributed by atoms with Crippen LogP contribution in [0.2, 0.25) is 0 Å². The number of carbonyl (C=O) groups excluding carboxylic acids is 1. The van der Waals surface area contributed by atoms with Gasteiger partial charge in [-0.05, 0) is 67.3 Å². The molecular formula is C24H30N2O3S. The van der Waals surface area contributed by atoms with Crippen LogP contribution in [-0.2, 0) is 27.7 Å². The van der Waals surface area contributed by atoms with E-state index in [2.05, 4.69) is 18.2 Å². The fraction of sp³-hybridized carbons (Fsp3) is 0.458. The second-order valence-electron chi connectivity index (χ2n) is 8.37. The summed E-state index contributed by atoms with van der Waals surface area (Å²) in [6.45, 7) is 1.21. The molecule has 0 N–H and O–H groups in total. The van der Waals surface area contributed by atoms with Gasteiger partial charge in [-0.3, -0.25) is 4.79 Å². The van der Waals surface area contributed by atoms with Crippen LogP contribution in [0.5, 0.6) is 0 Å². The lowest BCUT2D eigenvalue weighted by Crippen LogP contribution is -2.33. The number of hydrogen-bond donors (Lipinski definition) is 0. The summed E-state index contributed by atoms with van der Waals surface area (Å²) in [5.74, 6) is 0.130. The van der Waals surface area contributed by atoms with Crippen LogP contribution in [0.4, 0.5) is 0 Å². The molecule has 1 aliphatic heterocycles. The normalized spacial score (nSPS) is 19.4. The van der Waals surface area contributed by atoms with Crippen molar-refractivity contribution >= 4 is 15.9 Å². The summed E-state index contributed by atoms with van der Waals surface area (Å²) < 4.78 is 26.8. The molecule has 1 heterocycles. The van der Waals surface area contributed by atoms with E-state index in [0.29, 0.717) is 30.8 Å². The monoisotopic (exact) mass is 426 g/mol. The van der Waals surface area contributed by atoms with Gasteiger partial charge < -0.3 is 4.90 Å². The summed E-state index contributed by atoms with van der Waals surface area (Å²) in [6.07, 6.45) is 6.09.